The van der Waals surface area contributed by atoms with Crippen LogP contribution in [0.2, 0.25) is 0 Å². The predicted molar refractivity (Wildman–Crippen MR) is 76.9 cm³/mol. The minimum atomic E-state index is -0.889. The van der Waals surface area contributed by atoms with E-state index >= 15 is 0 Å². The van der Waals surface area contributed by atoms with E-state index in [1.54, 1.807) is 19.1 Å². The normalized spacial score (nSPS) is 26.9. The van der Waals surface area contributed by atoms with Crippen LogP contribution in [0.25, 0.3) is 0 Å². The van der Waals surface area contributed by atoms with Crippen LogP contribution in [0.15, 0.2) is 36.4 Å². The van der Waals surface area contributed by atoms with Gasteiger partial charge in [-0.15, -0.1) is 0 Å². The highest BCUT2D eigenvalue weighted by atomic mass is 16.5. The minimum Gasteiger partial charge on any atom is -0.463 e. The molecule has 1 aromatic carbocycles. The first kappa shape index (κ1) is 14.7. The lowest BCUT2D eigenvalue weighted by atomic mass is 10.1. The van der Waals surface area contributed by atoms with Gasteiger partial charge in [0.05, 0.1) is 13.2 Å². The summed E-state index contributed by atoms with van der Waals surface area (Å²) in [5.74, 6) is -0.629. The fourth-order valence-electron chi connectivity index (χ4n) is 2.74. The van der Waals surface area contributed by atoms with Crippen molar-refractivity contribution in [1.82, 2.24) is 4.90 Å². The molecule has 6 heteroatoms. The molecule has 6 nitrogen and oxygen atoms in total. The average Bonchev–Trinajstić information content (AvgIpc) is 2.78. The number of carbonyl (C=O) groups is 2. The van der Waals surface area contributed by atoms with E-state index in [4.69, 9.17) is 9.47 Å². The Morgan fingerprint density at radius 2 is 2.27 bits per heavy atom. The van der Waals surface area contributed by atoms with Crippen LogP contribution in [0.4, 0.5) is 0 Å². The molecule has 2 heterocycles. The fraction of sp³-hybridized carbons (Fsp3) is 0.375. The first-order valence-corrected chi connectivity index (χ1v) is 7.20. The van der Waals surface area contributed by atoms with Gasteiger partial charge in [-0.25, -0.2) is 4.79 Å². The van der Waals surface area contributed by atoms with Gasteiger partial charge in [0, 0.05) is 17.2 Å². The maximum atomic E-state index is 12.3. The largest absolute Gasteiger partial charge is 0.463 e. The molecule has 1 saturated heterocycles. The standard InChI is InChI=1S/C16H17NO5/c1-2-21-14(19)8-7-13-12(18)9-17-15(20)10-5-3-4-6-11(10)16(17)22-13/h3-8,12-13,16,18H,2,9H2,1H3/b8-7+/t12-,13+,16?/m0/s1. The number of esters is 1. The zero-order valence-corrected chi connectivity index (χ0v) is 12.1. The number of nitrogens with zero attached hydrogens (tertiary/aromatic N) is 1. The molecule has 1 N–H and O–H groups in total. The molecular weight excluding hydrogens is 286 g/mol. The first-order valence-electron chi connectivity index (χ1n) is 7.20. The summed E-state index contributed by atoms with van der Waals surface area (Å²) in [4.78, 5) is 25.1. The lowest BCUT2D eigenvalue weighted by Gasteiger charge is -2.37. The molecule has 2 aliphatic rings. The fourth-order valence-corrected chi connectivity index (χ4v) is 2.74. The number of aliphatic hydroxyl groups is 1. The number of carbonyl (C=O) groups excluding carboxylic acids is 2. The van der Waals surface area contributed by atoms with Crippen molar-refractivity contribution in [2.24, 2.45) is 0 Å². The van der Waals surface area contributed by atoms with Gasteiger partial charge in [-0.1, -0.05) is 18.2 Å². The zero-order valence-electron chi connectivity index (χ0n) is 12.1. The monoisotopic (exact) mass is 303 g/mol. The van der Waals surface area contributed by atoms with Crippen molar-refractivity contribution in [3.05, 3.63) is 47.5 Å². The third-order valence-electron chi connectivity index (χ3n) is 3.76. The Morgan fingerprint density at radius 3 is 3.05 bits per heavy atom. The number of hydrogen-bond donors (Lipinski definition) is 1. The second kappa shape index (κ2) is 5.90. The maximum Gasteiger partial charge on any atom is 0.330 e. The maximum absolute atomic E-state index is 12.3. The molecule has 1 fully saturated rings. The predicted octanol–water partition coefficient (Wildman–Crippen LogP) is 1.02. The Kier molecular flexibility index (Phi) is 3.96. The van der Waals surface area contributed by atoms with Gasteiger partial charge in [0.1, 0.15) is 12.2 Å². The summed E-state index contributed by atoms with van der Waals surface area (Å²) in [5.41, 5.74) is 1.38. The van der Waals surface area contributed by atoms with Crippen LogP contribution < -0.4 is 0 Å². The van der Waals surface area contributed by atoms with E-state index in [1.165, 1.54) is 17.1 Å². The van der Waals surface area contributed by atoms with E-state index in [0.29, 0.717) is 5.56 Å². The van der Waals surface area contributed by atoms with Crippen LogP contribution in [0.3, 0.4) is 0 Å². The number of ether oxygens (including phenoxy) is 2. The SMILES string of the molecule is CCOC(=O)/C=C/[C@H]1OC2c3ccccc3C(=O)N2C[C@@H]1O. The van der Waals surface area contributed by atoms with Gasteiger partial charge < -0.3 is 19.5 Å². The number of amides is 1. The van der Waals surface area contributed by atoms with Crippen molar-refractivity contribution < 1.29 is 24.2 Å². The average molecular weight is 303 g/mol. The summed E-state index contributed by atoms with van der Waals surface area (Å²) < 4.78 is 10.6. The number of rotatable bonds is 3. The summed E-state index contributed by atoms with van der Waals surface area (Å²) in [5, 5.41) is 10.1. The number of aliphatic hydroxyl groups excluding tert-OH is 1. The highest BCUT2D eigenvalue weighted by Crippen LogP contribution is 2.38. The number of fused-ring (bicyclic) bond motifs is 3. The lowest BCUT2D eigenvalue weighted by molar-refractivity contribution is -0.154. The second-order valence-corrected chi connectivity index (χ2v) is 5.18. The zero-order chi connectivity index (χ0) is 15.7. The van der Waals surface area contributed by atoms with Gasteiger partial charge in [0.2, 0.25) is 0 Å². The van der Waals surface area contributed by atoms with Gasteiger partial charge in [-0.3, -0.25) is 4.79 Å². The molecule has 0 spiro atoms. The van der Waals surface area contributed by atoms with Gasteiger partial charge in [0.25, 0.3) is 5.91 Å². The Labute approximate surface area is 127 Å². The van der Waals surface area contributed by atoms with Crippen LogP contribution in [0, 0.1) is 0 Å². The summed E-state index contributed by atoms with van der Waals surface area (Å²) in [6.45, 7) is 2.17. The topological polar surface area (TPSA) is 76.1 Å². The molecule has 1 aromatic rings. The van der Waals surface area contributed by atoms with E-state index in [9.17, 15) is 14.7 Å². The van der Waals surface area contributed by atoms with E-state index in [-0.39, 0.29) is 19.1 Å². The third-order valence-corrected chi connectivity index (χ3v) is 3.76. The molecule has 2 aliphatic heterocycles. The van der Waals surface area contributed by atoms with Crippen LogP contribution in [-0.2, 0) is 14.3 Å². The number of benzene rings is 1. The smallest absolute Gasteiger partial charge is 0.330 e. The molecular formula is C16H17NO5. The van der Waals surface area contributed by atoms with Gasteiger partial charge >= 0.3 is 5.97 Å². The molecule has 3 rings (SSSR count). The van der Waals surface area contributed by atoms with Gasteiger partial charge in [-0.05, 0) is 19.1 Å². The van der Waals surface area contributed by atoms with Crippen LogP contribution in [0.1, 0.15) is 29.1 Å². The molecule has 22 heavy (non-hydrogen) atoms. The van der Waals surface area contributed by atoms with Crippen LogP contribution in [-0.4, -0.2) is 47.2 Å². The summed E-state index contributed by atoms with van der Waals surface area (Å²) in [6, 6.07) is 7.22. The molecule has 0 aromatic heterocycles. The minimum absolute atomic E-state index is 0.146. The Bertz CT molecular complexity index is 627. The highest BCUT2D eigenvalue weighted by molar-refractivity contribution is 5.99. The van der Waals surface area contributed by atoms with Crippen molar-refractivity contribution >= 4 is 11.9 Å². The van der Waals surface area contributed by atoms with Crippen molar-refractivity contribution in [3.63, 3.8) is 0 Å². The lowest BCUT2D eigenvalue weighted by Crippen LogP contribution is -2.48. The van der Waals surface area contributed by atoms with Crippen molar-refractivity contribution in [2.45, 2.75) is 25.4 Å². The molecule has 0 saturated carbocycles. The molecule has 1 unspecified atom stereocenters. The van der Waals surface area contributed by atoms with Crippen molar-refractivity contribution in [3.8, 4) is 0 Å². The quantitative estimate of drug-likeness (QED) is 0.666. The third kappa shape index (κ3) is 2.51. The molecule has 0 aliphatic carbocycles. The molecule has 1 amide bonds. The molecule has 3 atom stereocenters. The first-order chi connectivity index (χ1) is 10.6. The van der Waals surface area contributed by atoms with Crippen molar-refractivity contribution in [2.75, 3.05) is 13.2 Å². The Hall–Kier alpha value is -2.18. The molecule has 0 radical (unpaired) electrons. The summed E-state index contributed by atoms with van der Waals surface area (Å²) in [7, 11) is 0. The second-order valence-electron chi connectivity index (χ2n) is 5.18. The van der Waals surface area contributed by atoms with E-state index in [2.05, 4.69) is 0 Å². The van der Waals surface area contributed by atoms with Gasteiger partial charge in [-0.2, -0.15) is 0 Å². The van der Waals surface area contributed by atoms with E-state index < -0.39 is 24.4 Å². The molecule has 116 valence electrons. The highest BCUT2D eigenvalue weighted by Gasteiger charge is 2.44. The summed E-state index contributed by atoms with van der Waals surface area (Å²) >= 11 is 0. The summed E-state index contributed by atoms with van der Waals surface area (Å²) in [6.07, 6.45) is 0.648. The van der Waals surface area contributed by atoms with Gasteiger partial charge in [0.15, 0.2) is 6.23 Å². The Morgan fingerprint density at radius 1 is 1.50 bits per heavy atom. The molecule has 0 bridgehead atoms. The van der Waals surface area contributed by atoms with Crippen LogP contribution >= 0.6 is 0 Å². The number of hydrogen-bond acceptors (Lipinski definition) is 5. The van der Waals surface area contributed by atoms with E-state index in [0.717, 1.165) is 5.56 Å². The van der Waals surface area contributed by atoms with Crippen LogP contribution in [0.5, 0.6) is 0 Å². The Balaban J connectivity index is 1.79. The van der Waals surface area contributed by atoms with E-state index in [1.807, 2.05) is 12.1 Å². The van der Waals surface area contributed by atoms with Crippen molar-refractivity contribution in [1.29, 1.82) is 0 Å².